The second kappa shape index (κ2) is 8.44. The molecule has 7 nitrogen and oxygen atoms in total. The molecule has 0 saturated heterocycles. The maximum Gasteiger partial charge on any atom is 0.289 e. The van der Waals surface area contributed by atoms with E-state index in [-0.39, 0.29) is 18.3 Å². The lowest BCUT2D eigenvalue weighted by Crippen LogP contribution is -2.34. The monoisotopic (exact) mass is 424 g/mol. The summed E-state index contributed by atoms with van der Waals surface area (Å²) < 4.78 is 11.4. The van der Waals surface area contributed by atoms with Crippen molar-refractivity contribution in [1.29, 1.82) is 5.26 Å². The quantitative estimate of drug-likeness (QED) is 0.508. The molecule has 1 aromatic carbocycles. The molecule has 1 amide bonds. The maximum atomic E-state index is 12.9. The van der Waals surface area contributed by atoms with Crippen LogP contribution in [-0.4, -0.2) is 33.9 Å². The first-order valence-corrected chi connectivity index (χ1v) is 10.3. The molecule has 1 aliphatic heterocycles. The van der Waals surface area contributed by atoms with E-state index in [9.17, 15) is 4.79 Å². The van der Waals surface area contributed by atoms with Gasteiger partial charge < -0.3 is 19.0 Å². The molecular formula is C25H20N4O3. The lowest BCUT2D eigenvalue weighted by molar-refractivity contribution is 0.0737. The van der Waals surface area contributed by atoms with Gasteiger partial charge in [0.25, 0.3) is 5.91 Å². The molecule has 158 valence electrons. The number of H-pyrrole nitrogens is 1. The van der Waals surface area contributed by atoms with Gasteiger partial charge in [0, 0.05) is 36.4 Å². The number of rotatable bonds is 5. The SMILES string of the molecule is N#Cc1ccccc1OCc1ccc(C(=O)N2CC=C(c3c[nH]c4ncccc34)CC2)o1. The molecule has 0 atom stereocenters. The van der Waals surface area contributed by atoms with Crippen LogP contribution in [0.15, 0.2) is 71.4 Å². The van der Waals surface area contributed by atoms with Crippen LogP contribution in [0.5, 0.6) is 5.75 Å². The molecule has 0 bridgehead atoms. The molecule has 4 aromatic rings. The van der Waals surface area contributed by atoms with Gasteiger partial charge >= 0.3 is 0 Å². The topological polar surface area (TPSA) is 95.2 Å². The average molecular weight is 424 g/mol. The normalized spacial score (nSPS) is 13.6. The van der Waals surface area contributed by atoms with Gasteiger partial charge in [-0.1, -0.05) is 18.2 Å². The minimum Gasteiger partial charge on any atom is -0.484 e. The Kier molecular flexibility index (Phi) is 5.18. The highest BCUT2D eigenvalue weighted by Gasteiger charge is 2.23. The van der Waals surface area contributed by atoms with Crippen LogP contribution in [0.4, 0.5) is 0 Å². The van der Waals surface area contributed by atoms with Crippen molar-refractivity contribution in [2.24, 2.45) is 0 Å². The highest BCUT2D eigenvalue weighted by Crippen LogP contribution is 2.29. The molecule has 0 saturated carbocycles. The van der Waals surface area contributed by atoms with Gasteiger partial charge in [-0.25, -0.2) is 4.98 Å². The first kappa shape index (κ1) is 19.6. The van der Waals surface area contributed by atoms with Crippen LogP contribution >= 0.6 is 0 Å². The molecule has 4 heterocycles. The molecule has 0 radical (unpaired) electrons. The number of aromatic nitrogens is 2. The van der Waals surface area contributed by atoms with E-state index in [1.807, 2.05) is 18.3 Å². The summed E-state index contributed by atoms with van der Waals surface area (Å²) in [6, 6.07) is 16.5. The van der Waals surface area contributed by atoms with Gasteiger partial charge in [-0.05, 0) is 48.4 Å². The second-order valence-corrected chi connectivity index (χ2v) is 7.50. The van der Waals surface area contributed by atoms with Gasteiger partial charge in [-0.15, -0.1) is 0 Å². The fourth-order valence-electron chi connectivity index (χ4n) is 3.88. The molecule has 0 unspecified atom stereocenters. The fourth-order valence-corrected chi connectivity index (χ4v) is 3.88. The smallest absolute Gasteiger partial charge is 0.289 e. The summed E-state index contributed by atoms with van der Waals surface area (Å²) >= 11 is 0. The van der Waals surface area contributed by atoms with Crippen LogP contribution in [0.2, 0.25) is 0 Å². The number of furan rings is 1. The molecule has 1 N–H and O–H groups in total. The van der Waals surface area contributed by atoms with Crippen LogP contribution in [0.25, 0.3) is 16.6 Å². The number of pyridine rings is 1. The lowest BCUT2D eigenvalue weighted by atomic mass is 9.99. The van der Waals surface area contributed by atoms with Crippen molar-refractivity contribution >= 4 is 22.5 Å². The summed E-state index contributed by atoms with van der Waals surface area (Å²) in [7, 11) is 0. The van der Waals surface area contributed by atoms with E-state index in [0.29, 0.717) is 30.2 Å². The Labute approximate surface area is 184 Å². The van der Waals surface area contributed by atoms with E-state index in [2.05, 4.69) is 22.1 Å². The first-order chi connectivity index (χ1) is 15.7. The molecular weight excluding hydrogens is 404 g/mol. The lowest BCUT2D eigenvalue weighted by Gasteiger charge is -2.25. The molecule has 0 fully saturated rings. The second-order valence-electron chi connectivity index (χ2n) is 7.50. The number of nitriles is 1. The van der Waals surface area contributed by atoms with Crippen LogP contribution in [-0.2, 0) is 6.61 Å². The fraction of sp³-hybridized carbons (Fsp3) is 0.160. The summed E-state index contributed by atoms with van der Waals surface area (Å²) in [6.45, 7) is 1.27. The molecule has 0 aliphatic carbocycles. The zero-order valence-electron chi connectivity index (χ0n) is 17.2. The molecule has 7 heteroatoms. The number of para-hydroxylation sites is 1. The number of carbonyl (C=O) groups excluding carboxylic acids is 1. The van der Waals surface area contributed by atoms with Crippen molar-refractivity contribution in [3.8, 4) is 11.8 Å². The highest BCUT2D eigenvalue weighted by molar-refractivity contribution is 5.94. The minimum absolute atomic E-state index is 0.143. The van der Waals surface area contributed by atoms with Gasteiger partial charge in [0.05, 0.1) is 5.56 Å². The summed E-state index contributed by atoms with van der Waals surface area (Å²) in [6.07, 6.45) is 6.59. The van der Waals surface area contributed by atoms with E-state index in [1.165, 1.54) is 5.57 Å². The van der Waals surface area contributed by atoms with Crippen LogP contribution < -0.4 is 4.74 Å². The number of hydrogen-bond donors (Lipinski definition) is 1. The minimum atomic E-state index is -0.149. The maximum absolute atomic E-state index is 12.9. The van der Waals surface area contributed by atoms with E-state index in [0.717, 1.165) is 23.0 Å². The molecule has 3 aromatic heterocycles. The number of nitrogens with one attached hydrogen (secondary N) is 1. The van der Waals surface area contributed by atoms with E-state index >= 15 is 0 Å². The molecule has 0 spiro atoms. The first-order valence-electron chi connectivity index (χ1n) is 10.3. The van der Waals surface area contributed by atoms with Gasteiger partial charge in [-0.2, -0.15) is 5.26 Å². The highest BCUT2D eigenvalue weighted by atomic mass is 16.5. The summed E-state index contributed by atoms with van der Waals surface area (Å²) in [4.78, 5) is 22.2. The Morgan fingerprint density at radius 2 is 2.12 bits per heavy atom. The third-order valence-electron chi connectivity index (χ3n) is 5.54. The van der Waals surface area contributed by atoms with Crippen molar-refractivity contribution in [3.63, 3.8) is 0 Å². The van der Waals surface area contributed by atoms with Gasteiger partial charge in [0.15, 0.2) is 5.76 Å². The third-order valence-corrected chi connectivity index (χ3v) is 5.54. The van der Waals surface area contributed by atoms with Crippen LogP contribution in [0.3, 0.4) is 0 Å². The van der Waals surface area contributed by atoms with Gasteiger partial charge in [0.1, 0.15) is 29.8 Å². The third kappa shape index (κ3) is 3.74. The van der Waals surface area contributed by atoms with Crippen molar-refractivity contribution in [1.82, 2.24) is 14.9 Å². The number of nitrogens with zero attached hydrogens (tertiary/aromatic N) is 3. The van der Waals surface area contributed by atoms with Crippen LogP contribution in [0.1, 0.15) is 33.9 Å². The Balaban J connectivity index is 1.24. The van der Waals surface area contributed by atoms with Gasteiger partial charge in [-0.3, -0.25) is 4.79 Å². The van der Waals surface area contributed by atoms with Crippen LogP contribution in [0, 0.1) is 11.3 Å². The molecule has 5 rings (SSSR count). The Morgan fingerprint density at radius 3 is 2.97 bits per heavy atom. The van der Waals surface area contributed by atoms with Crippen molar-refractivity contribution in [3.05, 3.63) is 89.6 Å². The summed E-state index contributed by atoms with van der Waals surface area (Å²) in [5.74, 6) is 1.15. The summed E-state index contributed by atoms with van der Waals surface area (Å²) in [5.41, 5.74) is 3.66. The predicted octanol–water partition coefficient (Wildman–Crippen LogP) is 4.54. The van der Waals surface area contributed by atoms with Crippen molar-refractivity contribution < 1.29 is 13.9 Å². The largest absolute Gasteiger partial charge is 0.484 e. The Morgan fingerprint density at radius 1 is 1.22 bits per heavy atom. The number of amides is 1. The number of ether oxygens (including phenoxy) is 1. The Bertz CT molecular complexity index is 1360. The zero-order chi connectivity index (χ0) is 21.9. The number of carbonyl (C=O) groups is 1. The standard InChI is InChI=1S/C25H20N4O3/c26-14-18-4-1-2-6-22(18)31-16-19-7-8-23(32-19)25(30)29-12-9-17(10-13-29)21-15-28-24-20(21)5-3-11-27-24/h1-9,11,15H,10,12-13,16H2,(H,27,28). The average Bonchev–Trinajstić information content (AvgIpc) is 3.50. The van der Waals surface area contributed by atoms with Gasteiger partial charge in [0.2, 0.25) is 0 Å². The number of fused-ring (bicyclic) bond motifs is 1. The number of benzene rings is 1. The molecule has 32 heavy (non-hydrogen) atoms. The number of aromatic amines is 1. The van der Waals surface area contributed by atoms with E-state index < -0.39 is 0 Å². The zero-order valence-corrected chi connectivity index (χ0v) is 17.2. The van der Waals surface area contributed by atoms with E-state index in [4.69, 9.17) is 14.4 Å². The number of hydrogen-bond acceptors (Lipinski definition) is 5. The predicted molar refractivity (Wildman–Crippen MR) is 119 cm³/mol. The summed E-state index contributed by atoms with van der Waals surface area (Å²) in [5, 5.41) is 10.2. The molecule has 1 aliphatic rings. The van der Waals surface area contributed by atoms with Crippen molar-refractivity contribution in [2.75, 3.05) is 13.1 Å². The van der Waals surface area contributed by atoms with Crippen molar-refractivity contribution in [2.45, 2.75) is 13.0 Å². The van der Waals surface area contributed by atoms with E-state index in [1.54, 1.807) is 47.5 Å². The Hall–Kier alpha value is -4.31.